The van der Waals surface area contributed by atoms with Crippen LogP contribution in [0.3, 0.4) is 0 Å². The zero-order chi connectivity index (χ0) is 21.4. The number of para-hydroxylation sites is 1. The van der Waals surface area contributed by atoms with Crippen LogP contribution < -0.4 is 19.8 Å². The SMILES string of the molecule is COc1ccccc1[C@H]1c2c(nc[n+](CCCO)c2N)Oc2ccc3ccccc3c21. The molecule has 0 amide bonds. The van der Waals surface area contributed by atoms with Crippen molar-refractivity contribution in [2.24, 2.45) is 0 Å². The highest BCUT2D eigenvalue weighted by Gasteiger charge is 2.38. The van der Waals surface area contributed by atoms with Gasteiger partial charge in [0.2, 0.25) is 12.1 Å². The Kier molecular flexibility index (Phi) is 4.92. The van der Waals surface area contributed by atoms with Gasteiger partial charge in [-0.05, 0) is 22.9 Å². The minimum absolute atomic E-state index is 0.0867. The lowest BCUT2D eigenvalue weighted by Gasteiger charge is -2.29. The zero-order valence-corrected chi connectivity index (χ0v) is 17.3. The predicted octanol–water partition coefficient (Wildman–Crippen LogP) is 3.78. The van der Waals surface area contributed by atoms with Crippen molar-refractivity contribution >= 4 is 16.6 Å². The van der Waals surface area contributed by atoms with Gasteiger partial charge in [-0.3, -0.25) is 0 Å². The third-order valence-electron chi connectivity index (χ3n) is 5.85. The van der Waals surface area contributed by atoms with Crippen molar-refractivity contribution in [2.45, 2.75) is 18.9 Å². The van der Waals surface area contributed by atoms with Crippen LogP contribution in [-0.2, 0) is 6.54 Å². The van der Waals surface area contributed by atoms with Crippen LogP contribution in [0.1, 0.15) is 29.0 Å². The number of nitrogens with two attached hydrogens (primary N) is 1. The summed E-state index contributed by atoms with van der Waals surface area (Å²) in [7, 11) is 1.68. The molecule has 0 radical (unpaired) electrons. The lowest BCUT2D eigenvalue weighted by atomic mass is 9.81. The maximum atomic E-state index is 9.29. The first-order valence-corrected chi connectivity index (χ1v) is 10.3. The first-order valence-electron chi connectivity index (χ1n) is 10.3. The molecule has 6 nitrogen and oxygen atoms in total. The van der Waals surface area contributed by atoms with Crippen LogP contribution in [0, 0.1) is 0 Å². The molecule has 0 unspecified atom stereocenters. The number of hydrogen-bond donors (Lipinski definition) is 2. The molecule has 3 N–H and O–H groups in total. The molecule has 1 atom stereocenters. The van der Waals surface area contributed by atoms with E-state index in [1.807, 2.05) is 41.0 Å². The summed E-state index contributed by atoms with van der Waals surface area (Å²) in [6.45, 7) is 0.660. The van der Waals surface area contributed by atoms with E-state index in [2.05, 4.69) is 29.2 Å². The number of rotatable bonds is 5. The first-order chi connectivity index (χ1) is 15.2. The summed E-state index contributed by atoms with van der Waals surface area (Å²) < 4.78 is 13.9. The van der Waals surface area contributed by atoms with E-state index in [1.54, 1.807) is 13.4 Å². The normalized spacial score (nSPS) is 14.6. The Morgan fingerprint density at radius 1 is 1.06 bits per heavy atom. The number of nitrogen functional groups attached to an aromatic ring is 1. The number of ether oxygens (including phenoxy) is 2. The van der Waals surface area contributed by atoms with E-state index in [0.29, 0.717) is 24.7 Å². The molecule has 0 spiro atoms. The van der Waals surface area contributed by atoms with Crippen LogP contribution in [0.5, 0.6) is 17.4 Å². The molecule has 31 heavy (non-hydrogen) atoms. The second-order valence-electron chi connectivity index (χ2n) is 7.59. The largest absolute Gasteiger partial charge is 0.496 e. The second kappa shape index (κ2) is 7.89. The van der Waals surface area contributed by atoms with Gasteiger partial charge >= 0.3 is 5.88 Å². The number of aliphatic hydroxyl groups excluding tert-OH is 1. The molecule has 0 aliphatic carbocycles. The van der Waals surface area contributed by atoms with Crippen molar-refractivity contribution in [1.82, 2.24) is 4.98 Å². The maximum absolute atomic E-state index is 9.29. The lowest BCUT2D eigenvalue weighted by Crippen LogP contribution is -2.40. The third-order valence-corrected chi connectivity index (χ3v) is 5.85. The number of aliphatic hydroxyl groups is 1. The Hall–Kier alpha value is -3.64. The number of anilines is 1. The topological polar surface area (TPSA) is 81.5 Å². The maximum Gasteiger partial charge on any atom is 0.306 e. The molecule has 5 rings (SSSR count). The van der Waals surface area contributed by atoms with Gasteiger partial charge in [0.05, 0.1) is 19.6 Å². The second-order valence-corrected chi connectivity index (χ2v) is 7.59. The Labute approximate surface area is 180 Å². The van der Waals surface area contributed by atoms with E-state index < -0.39 is 0 Å². The van der Waals surface area contributed by atoms with Crippen molar-refractivity contribution in [3.8, 4) is 17.4 Å². The zero-order valence-electron chi connectivity index (χ0n) is 17.3. The summed E-state index contributed by atoms with van der Waals surface area (Å²) in [6.07, 6.45) is 2.27. The number of aromatic nitrogens is 2. The summed E-state index contributed by atoms with van der Waals surface area (Å²) in [5.41, 5.74) is 9.55. The molecular formula is C25H24N3O3+. The number of benzene rings is 3. The molecule has 0 saturated heterocycles. The summed E-state index contributed by atoms with van der Waals surface area (Å²) in [6, 6.07) is 20.3. The van der Waals surface area contributed by atoms with Crippen molar-refractivity contribution in [3.63, 3.8) is 0 Å². The average Bonchev–Trinajstić information content (AvgIpc) is 2.82. The number of aryl methyl sites for hydroxylation is 1. The Morgan fingerprint density at radius 3 is 2.71 bits per heavy atom. The van der Waals surface area contributed by atoms with Crippen molar-refractivity contribution in [3.05, 3.63) is 83.7 Å². The van der Waals surface area contributed by atoms with Gasteiger partial charge in [-0.15, -0.1) is 0 Å². The van der Waals surface area contributed by atoms with E-state index in [-0.39, 0.29) is 12.5 Å². The fraction of sp³-hybridized carbons (Fsp3) is 0.200. The molecular weight excluding hydrogens is 390 g/mol. The molecule has 156 valence electrons. The van der Waals surface area contributed by atoms with E-state index in [4.69, 9.17) is 15.2 Å². The number of nitrogens with zero attached hydrogens (tertiary/aromatic N) is 2. The fourth-order valence-corrected chi connectivity index (χ4v) is 4.42. The highest BCUT2D eigenvalue weighted by Crippen LogP contribution is 2.51. The van der Waals surface area contributed by atoms with E-state index in [1.165, 1.54) is 0 Å². The molecule has 1 aliphatic rings. The molecule has 2 heterocycles. The number of methoxy groups -OCH3 is 1. The Balaban J connectivity index is 1.83. The van der Waals surface area contributed by atoms with Gasteiger partial charge in [0.25, 0.3) is 0 Å². The molecule has 0 bridgehead atoms. The summed E-state index contributed by atoms with van der Waals surface area (Å²) in [4.78, 5) is 4.58. The highest BCUT2D eigenvalue weighted by atomic mass is 16.5. The van der Waals surface area contributed by atoms with Crippen LogP contribution in [0.2, 0.25) is 0 Å². The van der Waals surface area contributed by atoms with Crippen molar-refractivity contribution < 1.29 is 19.1 Å². The van der Waals surface area contributed by atoms with E-state index in [9.17, 15) is 5.11 Å². The minimum Gasteiger partial charge on any atom is -0.496 e. The first kappa shape index (κ1) is 19.3. The average molecular weight is 414 g/mol. The summed E-state index contributed by atoms with van der Waals surface area (Å²) in [5, 5.41) is 11.5. The Morgan fingerprint density at radius 2 is 1.87 bits per heavy atom. The molecule has 3 aromatic carbocycles. The van der Waals surface area contributed by atoms with Gasteiger partial charge in [0, 0.05) is 24.2 Å². The standard InChI is InChI=1S/C25H23N3O3/c1-30-19-10-5-4-9-18(19)22-21-17-8-3-2-7-16(17)11-12-20(21)31-25-23(22)24(26)28(15-27-25)13-6-14-29/h2-5,7-12,15,22,26,29H,6,13-14H2,1H3/p+1/t22-/m1/s1. The summed E-state index contributed by atoms with van der Waals surface area (Å²) in [5.74, 6) is 2.41. The highest BCUT2D eigenvalue weighted by molar-refractivity contribution is 5.90. The van der Waals surface area contributed by atoms with Crippen molar-refractivity contribution in [2.75, 3.05) is 19.5 Å². The predicted molar refractivity (Wildman–Crippen MR) is 119 cm³/mol. The fourth-order valence-electron chi connectivity index (χ4n) is 4.42. The van der Waals surface area contributed by atoms with Crippen LogP contribution >= 0.6 is 0 Å². The molecule has 4 aromatic rings. The van der Waals surface area contributed by atoms with Gasteiger partial charge in [-0.1, -0.05) is 53.5 Å². The van der Waals surface area contributed by atoms with Gasteiger partial charge in [-0.2, -0.15) is 0 Å². The summed E-state index contributed by atoms with van der Waals surface area (Å²) >= 11 is 0. The smallest absolute Gasteiger partial charge is 0.306 e. The van der Waals surface area contributed by atoms with Crippen LogP contribution in [0.15, 0.2) is 67.0 Å². The molecule has 1 aromatic heterocycles. The van der Waals surface area contributed by atoms with Crippen LogP contribution in [0.4, 0.5) is 5.82 Å². The van der Waals surface area contributed by atoms with Crippen molar-refractivity contribution in [1.29, 1.82) is 0 Å². The van der Waals surface area contributed by atoms with Gasteiger partial charge in [0.1, 0.15) is 17.1 Å². The van der Waals surface area contributed by atoms with Crippen LogP contribution in [0.25, 0.3) is 10.8 Å². The minimum atomic E-state index is -0.213. The quantitative estimate of drug-likeness (QED) is 0.428. The van der Waals surface area contributed by atoms with Crippen LogP contribution in [-0.4, -0.2) is 23.8 Å². The van der Waals surface area contributed by atoms with E-state index in [0.717, 1.165) is 39.0 Å². The van der Waals surface area contributed by atoms with Gasteiger partial charge < -0.3 is 20.3 Å². The number of fused-ring (bicyclic) bond motifs is 4. The monoisotopic (exact) mass is 414 g/mol. The number of hydrogen-bond acceptors (Lipinski definition) is 5. The lowest BCUT2D eigenvalue weighted by molar-refractivity contribution is -0.686. The van der Waals surface area contributed by atoms with Gasteiger partial charge in [0.15, 0.2) is 0 Å². The molecule has 0 fully saturated rings. The Bertz CT molecular complexity index is 1270. The third kappa shape index (κ3) is 3.16. The van der Waals surface area contributed by atoms with E-state index >= 15 is 0 Å². The van der Waals surface area contributed by atoms with Gasteiger partial charge in [-0.25, -0.2) is 4.57 Å². The molecule has 6 heteroatoms. The molecule has 1 aliphatic heterocycles. The molecule has 0 saturated carbocycles.